The topological polar surface area (TPSA) is 85.5 Å². The molecule has 0 amide bonds. The molecule has 7 nitrogen and oxygen atoms in total. The molecule has 1 heterocycles. The molecule has 0 aliphatic rings. The zero-order valence-corrected chi connectivity index (χ0v) is 14.2. The molecule has 23 heavy (non-hydrogen) atoms. The summed E-state index contributed by atoms with van der Waals surface area (Å²) in [6, 6.07) is 3.60. The lowest BCUT2D eigenvalue weighted by molar-refractivity contribution is 0.316. The number of nitrogens with zero attached hydrogens (tertiary/aromatic N) is 3. The molecule has 0 aliphatic carbocycles. The molecule has 7 heteroatoms. The van der Waals surface area contributed by atoms with Gasteiger partial charge in [0, 0.05) is 24.5 Å². The van der Waals surface area contributed by atoms with E-state index in [1.807, 2.05) is 6.07 Å². The predicted molar refractivity (Wildman–Crippen MR) is 93.3 cm³/mol. The van der Waals surface area contributed by atoms with Crippen molar-refractivity contribution in [1.82, 2.24) is 14.9 Å². The fraction of sp³-hybridized carbons (Fsp3) is 0.500. The van der Waals surface area contributed by atoms with E-state index in [9.17, 15) is 0 Å². The second-order valence-electron chi connectivity index (χ2n) is 5.11. The second-order valence-corrected chi connectivity index (χ2v) is 5.11. The van der Waals surface area contributed by atoms with Crippen molar-refractivity contribution in [2.75, 3.05) is 51.4 Å². The van der Waals surface area contributed by atoms with E-state index in [1.54, 1.807) is 20.3 Å². The molecule has 0 fully saturated rings. The third-order valence-corrected chi connectivity index (χ3v) is 3.84. The summed E-state index contributed by atoms with van der Waals surface area (Å²) in [5.74, 6) is 2.17. The Morgan fingerprint density at radius 2 is 1.74 bits per heavy atom. The van der Waals surface area contributed by atoms with E-state index >= 15 is 0 Å². The van der Waals surface area contributed by atoms with Crippen LogP contribution in [0.25, 0.3) is 10.9 Å². The average Bonchev–Trinajstić information content (AvgIpc) is 2.57. The zero-order chi connectivity index (χ0) is 16.8. The minimum Gasteiger partial charge on any atom is -0.493 e. The van der Waals surface area contributed by atoms with Crippen LogP contribution in [0.1, 0.15) is 13.8 Å². The molecule has 0 radical (unpaired) electrons. The number of rotatable bonds is 8. The Hall–Kier alpha value is -2.28. The molecule has 0 saturated heterocycles. The largest absolute Gasteiger partial charge is 0.493 e. The maximum Gasteiger partial charge on any atom is 0.225 e. The summed E-state index contributed by atoms with van der Waals surface area (Å²) in [6.07, 6.45) is 0. The lowest BCUT2D eigenvalue weighted by Crippen LogP contribution is -2.29. The van der Waals surface area contributed by atoms with Crippen molar-refractivity contribution < 1.29 is 9.47 Å². The van der Waals surface area contributed by atoms with Crippen molar-refractivity contribution in [3.8, 4) is 11.5 Å². The van der Waals surface area contributed by atoms with Gasteiger partial charge in [0.25, 0.3) is 0 Å². The Balaban J connectivity index is 2.23. The Kier molecular flexibility index (Phi) is 5.81. The van der Waals surface area contributed by atoms with E-state index in [1.165, 1.54) is 0 Å². The maximum atomic E-state index is 6.06. The van der Waals surface area contributed by atoms with Crippen LogP contribution in [-0.2, 0) is 0 Å². The molecule has 3 N–H and O–H groups in total. The van der Waals surface area contributed by atoms with E-state index < -0.39 is 0 Å². The van der Waals surface area contributed by atoms with Crippen LogP contribution in [0, 0.1) is 0 Å². The summed E-state index contributed by atoms with van der Waals surface area (Å²) >= 11 is 0. The molecule has 0 saturated carbocycles. The van der Waals surface area contributed by atoms with Crippen molar-refractivity contribution in [2.45, 2.75) is 13.8 Å². The number of methoxy groups -OCH3 is 2. The first kappa shape index (κ1) is 17.1. The van der Waals surface area contributed by atoms with Crippen molar-refractivity contribution in [2.24, 2.45) is 0 Å². The molecule has 0 atom stereocenters. The molecule has 0 aliphatic heterocycles. The van der Waals surface area contributed by atoms with E-state index in [0.717, 1.165) is 37.1 Å². The number of nitrogens with two attached hydrogens (primary N) is 1. The van der Waals surface area contributed by atoms with Crippen LogP contribution in [0.15, 0.2) is 12.1 Å². The molecule has 1 aromatic heterocycles. The van der Waals surface area contributed by atoms with Crippen LogP contribution in [-0.4, -0.2) is 55.3 Å². The zero-order valence-electron chi connectivity index (χ0n) is 14.2. The van der Waals surface area contributed by atoms with Gasteiger partial charge >= 0.3 is 0 Å². The maximum absolute atomic E-state index is 6.06. The fourth-order valence-electron chi connectivity index (χ4n) is 2.42. The van der Waals surface area contributed by atoms with Crippen LogP contribution in [0.5, 0.6) is 11.5 Å². The molecule has 0 spiro atoms. The molecular formula is C16H25N5O2. The first-order valence-electron chi connectivity index (χ1n) is 7.78. The van der Waals surface area contributed by atoms with Crippen LogP contribution < -0.4 is 20.5 Å². The highest BCUT2D eigenvalue weighted by Crippen LogP contribution is 2.33. The highest BCUT2D eigenvalue weighted by molar-refractivity contribution is 5.91. The summed E-state index contributed by atoms with van der Waals surface area (Å²) in [4.78, 5) is 11.2. The highest BCUT2D eigenvalue weighted by atomic mass is 16.5. The number of benzene rings is 1. The number of anilines is 2. The van der Waals surface area contributed by atoms with Crippen LogP contribution in [0.2, 0.25) is 0 Å². The number of aromatic nitrogens is 2. The summed E-state index contributed by atoms with van der Waals surface area (Å²) in [5.41, 5.74) is 6.78. The minimum atomic E-state index is 0.418. The highest BCUT2D eigenvalue weighted by Gasteiger charge is 2.11. The van der Waals surface area contributed by atoms with Gasteiger partial charge < -0.3 is 25.4 Å². The lowest BCUT2D eigenvalue weighted by atomic mass is 10.2. The number of likely N-dealkylation sites (N-methyl/N-ethyl adjacent to an activating group) is 1. The van der Waals surface area contributed by atoms with Crippen molar-refractivity contribution in [1.29, 1.82) is 0 Å². The van der Waals surface area contributed by atoms with Crippen molar-refractivity contribution in [3.05, 3.63) is 12.1 Å². The van der Waals surface area contributed by atoms with Gasteiger partial charge in [-0.3, -0.25) is 0 Å². The predicted octanol–water partition coefficient (Wildman–Crippen LogP) is 1.98. The van der Waals surface area contributed by atoms with Gasteiger partial charge in [-0.05, 0) is 19.2 Å². The van der Waals surface area contributed by atoms with Gasteiger partial charge in [-0.25, -0.2) is 4.98 Å². The van der Waals surface area contributed by atoms with E-state index in [0.29, 0.717) is 23.3 Å². The number of fused-ring (bicyclic) bond motifs is 1. The molecule has 0 unspecified atom stereocenters. The van der Waals surface area contributed by atoms with Gasteiger partial charge in [0.15, 0.2) is 11.5 Å². The molecule has 2 aromatic rings. The van der Waals surface area contributed by atoms with Crippen molar-refractivity contribution >= 4 is 22.7 Å². The Morgan fingerprint density at radius 1 is 1.09 bits per heavy atom. The summed E-state index contributed by atoms with van der Waals surface area (Å²) in [7, 11) is 3.18. The van der Waals surface area contributed by atoms with Gasteiger partial charge in [-0.15, -0.1) is 0 Å². The Morgan fingerprint density at radius 3 is 2.35 bits per heavy atom. The first-order valence-corrected chi connectivity index (χ1v) is 7.78. The quantitative estimate of drug-likeness (QED) is 0.769. The first-order chi connectivity index (χ1) is 11.1. The molecule has 0 bridgehead atoms. The number of nitrogens with one attached hydrogen (secondary N) is 1. The summed E-state index contributed by atoms with van der Waals surface area (Å²) < 4.78 is 10.6. The summed E-state index contributed by atoms with van der Waals surface area (Å²) in [6.45, 7) is 8.04. The van der Waals surface area contributed by atoms with E-state index in [-0.39, 0.29) is 0 Å². The number of hydrogen-bond acceptors (Lipinski definition) is 7. The Bertz CT molecular complexity index is 658. The van der Waals surface area contributed by atoms with Gasteiger partial charge in [0.2, 0.25) is 5.95 Å². The van der Waals surface area contributed by atoms with Gasteiger partial charge in [-0.2, -0.15) is 4.98 Å². The van der Waals surface area contributed by atoms with E-state index in [2.05, 4.69) is 34.0 Å². The van der Waals surface area contributed by atoms with Gasteiger partial charge in [-0.1, -0.05) is 13.8 Å². The SMILES string of the molecule is CCN(CC)CCNc1nc(N)c2cc(OC)c(OC)cc2n1. The molecule has 1 aromatic carbocycles. The molecule has 126 valence electrons. The molecule has 2 rings (SSSR count). The van der Waals surface area contributed by atoms with Crippen molar-refractivity contribution in [3.63, 3.8) is 0 Å². The number of hydrogen-bond donors (Lipinski definition) is 2. The monoisotopic (exact) mass is 319 g/mol. The molecular weight excluding hydrogens is 294 g/mol. The third kappa shape index (κ3) is 3.92. The summed E-state index contributed by atoms with van der Waals surface area (Å²) in [5, 5.41) is 3.97. The van der Waals surface area contributed by atoms with Crippen LogP contribution in [0.3, 0.4) is 0 Å². The third-order valence-electron chi connectivity index (χ3n) is 3.84. The van der Waals surface area contributed by atoms with Gasteiger partial charge in [0.1, 0.15) is 5.82 Å². The smallest absolute Gasteiger partial charge is 0.225 e. The average molecular weight is 319 g/mol. The Labute approximate surface area is 136 Å². The normalized spacial score (nSPS) is 11.0. The van der Waals surface area contributed by atoms with Crippen LogP contribution in [0.4, 0.5) is 11.8 Å². The number of ether oxygens (including phenoxy) is 2. The van der Waals surface area contributed by atoms with Gasteiger partial charge in [0.05, 0.1) is 19.7 Å². The standard InChI is InChI=1S/C16H25N5O2/c1-5-21(6-2)8-7-18-16-19-12-10-14(23-4)13(22-3)9-11(12)15(17)20-16/h9-10H,5-8H2,1-4H3,(H3,17,18,19,20). The number of nitrogen functional groups attached to an aromatic ring is 1. The van der Waals surface area contributed by atoms with E-state index in [4.69, 9.17) is 15.2 Å². The second kappa shape index (κ2) is 7.82. The minimum absolute atomic E-state index is 0.418. The van der Waals surface area contributed by atoms with Crippen LogP contribution >= 0.6 is 0 Å². The fourth-order valence-corrected chi connectivity index (χ4v) is 2.42. The lowest BCUT2D eigenvalue weighted by Gasteiger charge is -2.18.